The average molecular weight is 551 g/mol. The Labute approximate surface area is 187 Å². The van der Waals surface area contributed by atoms with Crippen LogP contribution in [-0.4, -0.2) is 60.5 Å². The zero-order valence-electron chi connectivity index (χ0n) is 16.2. The molecule has 11 heteroatoms. The van der Waals surface area contributed by atoms with E-state index in [-0.39, 0.29) is 29.3 Å². The van der Waals surface area contributed by atoms with E-state index in [1.165, 1.54) is 11.8 Å². The second-order valence-electron chi connectivity index (χ2n) is 7.79. The number of amides is 2. The fourth-order valence-electron chi connectivity index (χ4n) is 3.10. The van der Waals surface area contributed by atoms with Gasteiger partial charge in [-0.25, -0.2) is 13.2 Å². The first-order valence-electron chi connectivity index (χ1n) is 8.94. The summed E-state index contributed by atoms with van der Waals surface area (Å²) < 4.78 is 30.3. The van der Waals surface area contributed by atoms with Gasteiger partial charge in [0.2, 0.25) is 0 Å². The molecule has 2 atom stereocenters. The van der Waals surface area contributed by atoms with Gasteiger partial charge >= 0.3 is 6.09 Å². The maximum absolute atomic E-state index is 12.3. The van der Waals surface area contributed by atoms with E-state index in [0.29, 0.717) is 5.17 Å². The number of ether oxygens (including phenoxy) is 1. The molecule has 2 aliphatic heterocycles. The van der Waals surface area contributed by atoms with Gasteiger partial charge in [0.1, 0.15) is 12.1 Å². The Kier molecular flexibility index (Phi) is 6.49. The van der Waals surface area contributed by atoms with Crippen LogP contribution in [0.2, 0.25) is 0 Å². The van der Waals surface area contributed by atoms with Crippen LogP contribution >= 0.6 is 34.4 Å². The third-order valence-corrected chi connectivity index (χ3v) is 8.04. The van der Waals surface area contributed by atoms with E-state index < -0.39 is 27.4 Å². The van der Waals surface area contributed by atoms with Crippen molar-refractivity contribution >= 4 is 67.0 Å². The molecule has 0 aromatic heterocycles. The molecule has 2 fully saturated rings. The van der Waals surface area contributed by atoms with E-state index in [0.717, 1.165) is 9.26 Å². The molecule has 158 valence electrons. The summed E-state index contributed by atoms with van der Waals surface area (Å²) in [5.41, 5.74) is 0.130. The van der Waals surface area contributed by atoms with Crippen molar-refractivity contribution in [2.45, 2.75) is 37.7 Å². The van der Waals surface area contributed by atoms with Gasteiger partial charge in [-0.15, -0.1) is 0 Å². The molecule has 1 aromatic rings. The molecule has 0 radical (unpaired) electrons. The molecule has 2 saturated heterocycles. The number of benzene rings is 1. The third-order valence-electron chi connectivity index (χ3n) is 4.16. The normalized spacial score (nSPS) is 24.4. The van der Waals surface area contributed by atoms with Gasteiger partial charge in [0.15, 0.2) is 15.0 Å². The highest BCUT2D eigenvalue weighted by atomic mass is 127. The first-order chi connectivity index (χ1) is 13.4. The van der Waals surface area contributed by atoms with E-state index in [9.17, 15) is 18.0 Å². The van der Waals surface area contributed by atoms with E-state index in [2.05, 4.69) is 32.9 Å². The highest BCUT2D eigenvalue weighted by Gasteiger charge is 2.49. The maximum Gasteiger partial charge on any atom is 0.408 e. The number of carbonyl (C=O) groups excluding carboxylic acids is 2. The van der Waals surface area contributed by atoms with Gasteiger partial charge in [-0.3, -0.25) is 4.79 Å². The number of anilines is 1. The van der Waals surface area contributed by atoms with Crippen molar-refractivity contribution in [3.05, 3.63) is 27.8 Å². The Hall–Kier alpha value is -1.34. The van der Waals surface area contributed by atoms with Crippen LogP contribution in [0.4, 0.5) is 10.5 Å². The fraction of sp³-hybridized carbons (Fsp3) is 0.500. The van der Waals surface area contributed by atoms with Crippen molar-refractivity contribution in [1.29, 1.82) is 0 Å². The Morgan fingerprint density at radius 2 is 2.07 bits per heavy atom. The van der Waals surface area contributed by atoms with Crippen LogP contribution in [0.25, 0.3) is 0 Å². The number of nitrogens with zero attached hydrogens (tertiary/aromatic N) is 2. The lowest BCUT2D eigenvalue weighted by Gasteiger charge is -2.24. The third kappa shape index (κ3) is 5.85. The zero-order valence-corrected chi connectivity index (χ0v) is 20.0. The molecule has 0 unspecified atom stereocenters. The second-order valence-corrected chi connectivity index (χ2v) is 12.4. The van der Waals surface area contributed by atoms with Crippen LogP contribution in [0, 0.1) is 3.57 Å². The first-order valence-corrected chi connectivity index (χ1v) is 12.7. The van der Waals surface area contributed by atoms with Gasteiger partial charge in [0, 0.05) is 14.5 Å². The minimum atomic E-state index is -3.13. The number of hydrogen-bond donors (Lipinski definition) is 1. The van der Waals surface area contributed by atoms with Crippen molar-refractivity contribution in [1.82, 2.24) is 5.32 Å². The van der Waals surface area contributed by atoms with Crippen molar-refractivity contribution in [3.8, 4) is 0 Å². The van der Waals surface area contributed by atoms with Crippen molar-refractivity contribution in [2.75, 3.05) is 23.0 Å². The number of rotatable bonds is 3. The number of amidine groups is 1. The van der Waals surface area contributed by atoms with Gasteiger partial charge < -0.3 is 15.0 Å². The van der Waals surface area contributed by atoms with Crippen molar-refractivity contribution in [2.24, 2.45) is 4.99 Å². The lowest BCUT2D eigenvalue weighted by molar-refractivity contribution is -0.117. The predicted molar refractivity (Wildman–Crippen MR) is 122 cm³/mol. The number of aliphatic imine (C=N–C) groups is 1. The maximum atomic E-state index is 12.3. The van der Waals surface area contributed by atoms with Crippen molar-refractivity contribution < 1.29 is 22.7 Å². The lowest BCUT2D eigenvalue weighted by Crippen LogP contribution is -2.38. The van der Waals surface area contributed by atoms with E-state index in [1.54, 1.807) is 20.8 Å². The highest BCUT2D eigenvalue weighted by molar-refractivity contribution is 14.1. The Bertz CT molecular complexity index is 958. The molecule has 2 heterocycles. The van der Waals surface area contributed by atoms with Crippen LogP contribution in [0.15, 0.2) is 29.3 Å². The second kappa shape index (κ2) is 8.42. The summed E-state index contributed by atoms with van der Waals surface area (Å²) in [4.78, 5) is 30.1. The molecule has 2 amide bonds. The fourth-order valence-corrected chi connectivity index (χ4v) is 7.56. The summed E-state index contributed by atoms with van der Waals surface area (Å²) in [6.45, 7) is 4.90. The number of hydrogen-bond acceptors (Lipinski definition) is 6. The lowest BCUT2D eigenvalue weighted by atomic mass is 10.2. The number of carbonyl (C=O) groups is 2. The molecular weight excluding hydrogens is 529 g/mol. The Balaban J connectivity index is 1.78. The van der Waals surface area contributed by atoms with E-state index in [4.69, 9.17) is 4.74 Å². The molecule has 3 rings (SSSR count). The molecule has 1 N–H and O–H groups in total. The number of thioether (sulfide) groups is 1. The Morgan fingerprint density at radius 1 is 1.34 bits per heavy atom. The SMILES string of the molecule is CC(C)(C)OC(=O)NCC(=O)N=C1S[C@H]2CS(=O)(=O)C[C@H]2N1c1cccc(I)c1. The molecule has 8 nitrogen and oxygen atoms in total. The zero-order chi connectivity index (χ0) is 21.4. The van der Waals surface area contributed by atoms with E-state index >= 15 is 0 Å². The monoisotopic (exact) mass is 551 g/mol. The summed E-state index contributed by atoms with van der Waals surface area (Å²) in [6.07, 6.45) is -0.692. The average Bonchev–Trinajstić information content (AvgIpc) is 3.02. The molecule has 0 aliphatic carbocycles. The Morgan fingerprint density at radius 3 is 2.72 bits per heavy atom. The molecule has 0 spiro atoms. The first kappa shape index (κ1) is 22.3. The quantitative estimate of drug-likeness (QED) is 0.576. The molecule has 29 heavy (non-hydrogen) atoms. The topological polar surface area (TPSA) is 105 Å². The minimum Gasteiger partial charge on any atom is -0.444 e. The van der Waals surface area contributed by atoms with E-state index in [1.807, 2.05) is 29.2 Å². The largest absolute Gasteiger partial charge is 0.444 e. The summed E-state index contributed by atoms with van der Waals surface area (Å²) in [5.74, 6) is -0.442. The molecule has 0 saturated carbocycles. The summed E-state index contributed by atoms with van der Waals surface area (Å²) in [5, 5.41) is 2.67. The standard InChI is InChI=1S/C18H22IN3O5S2/c1-18(2,3)27-17(24)20-8-15(23)21-16-22(12-6-4-5-11(19)7-12)13-9-29(25,26)10-14(13)28-16/h4-7,13-14H,8-10H2,1-3H3,(H,20,24)/t13-,14+/m1/s1. The smallest absolute Gasteiger partial charge is 0.408 e. The van der Waals surface area contributed by atoms with Gasteiger partial charge in [-0.1, -0.05) is 17.8 Å². The predicted octanol–water partition coefficient (Wildman–Crippen LogP) is 2.42. The minimum absolute atomic E-state index is 0.0273. The van der Waals surface area contributed by atoms with Gasteiger partial charge in [0.25, 0.3) is 5.91 Å². The van der Waals surface area contributed by atoms with Crippen molar-refractivity contribution in [3.63, 3.8) is 0 Å². The van der Waals surface area contributed by atoms with Crippen LogP contribution < -0.4 is 10.2 Å². The number of fused-ring (bicyclic) bond motifs is 1. The van der Waals surface area contributed by atoms with Crippen LogP contribution in [0.3, 0.4) is 0 Å². The number of sulfone groups is 1. The van der Waals surface area contributed by atoms with Crippen LogP contribution in [-0.2, 0) is 19.4 Å². The highest BCUT2D eigenvalue weighted by Crippen LogP contribution is 2.41. The molecule has 2 aliphatic rings. The van der Waals surface area contributed by atoms with Gasteiger partial charge in [-0.2, -0.15) is 4.99 Å². The summed E-state index contributed by atoms with van der Waals surface area (Å²) in [7, 11) is -3.13. The molecule has 1 aromatic carbocycles. The number of nitrogens with one attached hydrogen (secondary N) is 1. The van der Waals surface area contributed by atoms with Gasteiger partial charge in [-0.05, 0) is 61.6 Å². The molecule has 0 bridgehead atoms. The summed E-state index contributed by atoms with van der Waals surface area (Å²) >= 11 is 3.48. The van der Waals surface area contributed by atoms with Gasteiger partial charge in [0.05, 0.1) is 17.5 Å². The summed E-state index contributed by atoms with van der Waals surface area (Å²) in [6, 6.07) is 7.33. The van der Waals surface area contributed by atoms with Crippen LogP contribution in [0.5, 0.6) is 0 Å². The molecular formula is C18H22IN3O5S2. The number of alkyl carbamates (subject to hydrolysis) is 1. The van der Waals surface area contributed by atoms with Crippen LogP contribution in [0.1, 0.15) is 20.8 Å². The number of halogens is 1.